The van der Waals surface area contributed by atoms with Gasteiger partial charge in [-0.05, 0) is 30.7 Å². The Morgan fingerprint density at radius 1 is 1.25 bits per heavy atom. The molecule has 5 heteroatoms. The molecule has 0 N–H and O–H groups in total. The molecule has 0 amide bonds. The van der Waals surface area contributed by atoms with Crippen molar-refractivity contribution in [3.63, 3.8) is 0 Å². The van der Waals surface area contributed by atoms with E-state index in [0.29, 0.717) is 21.2 Å². The van der Waals surface area contributed by atoms with E-state index < -0.39 is 11.8 Å². The minimum absolute atomic E-state index is 0.103. The quantitative estimate of drug-likeness (QED) is 0.747. The van der Waals surface area contributed by atoms with E-state index in [2.05, 4.69) is 0 Å². The van der Waals surface area contributed by atoms with Crippen molar-refractivity contribution in [2.45, 2.75) is 6.92 Å². The van der Waals surface area contributed by atoms with Gasteiger partial charge < -0.3 is 4.74 Å². The molecule has 20 heavy (non-hydrogen) atoms. The lowest BCUT2D eigenvalue weighted by molar-refractivity contribution is 0.0521. The first-order valence-electron chi connectivity index (χ1n) is 5.95. The summed E-state index contributed by atoms with van der Waals surface area (Å²) in [6.45, 7) is 1.86. The van der Waals surface area contributed by atoms with Gasteiger partial charge in [-0.1, -0.05) is 41.4 Å². The second kappa shape index (κ2) is 6.25. The lowest BCUT2D eigenvalue weighted by atomic mass is 10.0. The van der Waals surface area contributed by atoms with Gasteiger partial charge in [0.05, 0.1) is 22.2 Å². The molecule has 0 fully saturated rings. The highest BCUT2D eigenvalue weighted by Gasteiger charge is 2.15. The summed E-state index contributed by atoms with van der Waals surface area (Å²) in [5.74, 6) is -1.34. The number of hydrogen-bond donors (Lipinski definition) is 0. The highest BCUT2D eigenvalue weighted by atomic mass is 35.5. The van der Waals surface area contributed by atoms with Crippen LogP contribution in [0.1, 0.15) is 17.3 Å². The third-order valence-corrected chi connectivity index (χ3v) is 3.55. The van der Waals surface area contributed by atoms with Gasteiger partial charge in [-0.3, -0.25) is 0 Å². The second-order valence-corrected chi connectivity index (χ2v) is 4.80. The maximum atomic E-state index is 14.0. The summed E-state index contributed by atoms with van der Waals surface area (Å²) in [4.78, 5) is 11.5. The zero-order valence-corrected chi connectivity index (χ0v) is 12.1. The van der Waals surface area contributed by atoms with Gasteiger partial charge in [-0.15, -0.1) is 0 Å². The van der Waals surface area contributed by atoms with Crippen LogP contribution in [0.15, 0.2) is 36.4 Å². The molecule has 0 heterocycles. The van der Waals surface area contributed by atoms with Crippen molar-refractivity contribution in [2.24, 2.45) is 0 Å². The Morgan fingerprint density at radius 2 is 2.00 bits per heavy atom. The Balaban J connectivity index is 2.43. The SMILES string of the molecule is CCOC(=O)c1ccc(-c2cccc(Cl)c2Cl)cc1F. The van der Waals surface area contributed by atoms with Crippen molar-refractivity contribution in [3.8, 4) is 11.1 Å². The number of ether oxygens (including phenoxy) is 1. The summed E-state index contributed by atoms with van der Waals surface area (Å²) in [5.41, 5.74) is 1.05. The van der Waals surface area contributed by atoms with Gasteiger partial charge in [0, 0.05) is 5.56 Å². The highest BCUT2D eigenvalue weighted by Crippen LogP contribution is 2.34. The molecule has 2 rings (SSSR count). The van der Waals surface area contributed by atoms with Crippen LogP contribution >= 0.6 is 23.2 Å². The smallest absolute Gasteiger partial charge is 0.341 e. The van der Waals surface area contributed by atoms with E-state index in [1.165, 1.54) is 12.1 Å². The normalized spacial score (nSPS) is 10.4. The first-order chi connectivity index (χ1) is 9.54. The Kier molecular flexibility index (Phi) is 4.63. The Morgan fingerprint density at radius 3 is 2.65 bits per heavy atom. The molecular weight excluding hydrogens is 302 g/mol. The fourth-order valence-electron chi connectivity index (χ4n) is 1.78. The molecule has 2 aromatic rings. The maximum Gasteiger partial charge on any atom is 0.341 e. The third-order valence-electron chi connectivity index (χ3n) is 2.73. The zero-order valence-electron chi connectivity index (χ0n) is 10.6. The molecule has 0 radical (unpaired) electrons. The largest absolute Gasteiger partial charge is 0.462 e. The van der Waals surface area contributed by atoms with Crippen LogP contribution in [0.2, 0.25) is 10.0 Å². The molecule has 0 aromatic heterocycles. The Hall–Kier alpha value is -1.58. The van der Waals surface area contributed by atoms with Crippen molar-refractivity contribution in [2.75, 3.05) is 6.61 Å². The van der Waals surface area contributed by atoms with Crippen LogP contribution in [-0.4, -0.2) is 12.6 Å². The topological polar surface area (TPSA) is 26.3 Å². The molecule has 2 nitrogen and oxygen atoms in total. The molecule has 0 saturated heterocycles. The molecule has 2 aromatic carbocycles. The summed E-state index contributed by atoms with van der Waals surface area (Å²) in [6.07, 6.45) is 0. The van der Waals surface area contributed by atoms with E-state index in [1.54, 1.807) is 31.2 Å². The van der Waals surface area contributed by atoms with Crippen molar-refractivity contribution in [3.05, 3.63) is 57.8 Å². The number of carbonyl (C=O) groups is 1. The molecular formula is C15H11Cl2FO2. The fourth-order valence-corrected chi connectivity index (χ4v) is 2.19. The van der Waals surface area contributed by atoms with E-state index in [4.69, 9.17) is 27.9 Å². The predicted octanol–water partition coefficient (Wildman–Crippen LogP) is 4.98. The molecule has 0 saturated carbocycles. The number of carbonyl (C=O) groups excluding carboxylic acids is 1. The fraction of sp³-hybridized carbons (Fsp3) is 0.133. The van der Waals surface area contributed by atoms with Crippen LogP contribution in [0.25, 0.3) is 11.1 Å². The molecule has 104 valence electrons. The third kappa shape index (κ3) is 2.94. The van der Waals surface area contributed by atoms with Gasteiger partial charge in [0.2, 0.25) is 0 Å². The molecule has 0 aliphatic rings. The average molecular weight is 313 g/mol. The number of rotatable bonds is 3. The summed E-state index contributed by atoms with van der Waals surface area (Å²) in [5, 5.41) is 0.733. The van der Waals surface area contributed by atoms with Crippen LogP contribution in [0.3, 0.4) is 0 Å². The molecule has 0 aliphatic carbocycles. The molecule has 0 unspecified atom stereocenters. The lowest BCUT2D eigenvalue weighted by Crippen LogP contribution is -2.07. The van der Waals surface area contributed by atoms with Crippen molar-refractivity contribution in [1.29, 1.82) is 0 Å². The van der Waals surface area contributed by atoms with E-state index in [1.807, 2.05) is 0 Å². The van der Waals surface area contributed by atoms with Crippen LogP contribution in [0.4, 0.5) is 4.39 Å². The Labute approximate surface area is 126 Å². The summed E-state index contributed by atoms with van der Waals surface area (Å²) < 4.78 is 18.7. The summed E-state index contributed by atoms with van der Waals surface area (Å²) >= 11 is 12.0. The van der Waals surface area contributed by atoms with E-state index in [9.17, 15) is 9.18 Å². The lowest BCUT2D eigenvalue weighted by Gasteiger charge is -2.08. The number of benzene rings is 2. The van der Waals surface area contributed by atoms with Gasteiger partial charge in [-0.2, -0.15) is 0 Å². The van der Waals surface area contributed by atoms with Crippen LogP contribution in [-0.2, 0) is 4.74 Å². The summed E-state index contributed by atoms with van der Waals surface area (Å²) in [7, 11) is 0. The first kappa shape index (κ1) is 14.8. The Bertz CT molecular complexity index is 656. The van der Waals surface area contributed by atoms with Gasteiger partial charge in [0.1, 0.15) is 5.82 Å². The van der Waals surface area contributed by atoms with E-state index >= 15 is 0 Å². The standard InChI is InChI=1S/C15H11Cl2FO2/c1-2-20-15(19)11-7-6-9(8-13(11)18)10-4-3-5-12(16)14(10)17/h3-8H,2H2,1H3. The molecule has 0 aliphatic heterocycles. The predicted molar refractivity (Wildman–Crippen MR) is 77.8 cm³/mol. The van der Waals surface area contributed by atoms with Gasteiger partial charge in [-0.25, -0.2) is 9.18 Å². The van der Waals surface area contributed by atoms with Crippen molar-refractivity contribution in [1.82, 2.24) is 0 Å². The highest BCUT2D eigenvalue weighted by molar-refractivity contribution is 6.43. The minimum Gasteiger partial charge on any atom is -0.462 e. The minimum atomic E-state index is -0.686. The van der Waals surface area contributed by atoms with Crippen LogP contribution in [0, 0.1) is 5.82 Å². The maximum absolute atomic E-state index is 14.0. The van der Waals surface area contributed by atoms with Crippen LogP contribution in [0.5, 0.6) is 0 Å². The first-order valence-corrected chi connectivity index (χ1v) is 6.71. The molecule has 0 bridgehead atoms. The van der Waals surface area contributed by atoms with Gasteiger partial charge >= 0.3 is 5.97 Å². The number of halogens is 3. The number of esters is 1. The van der Waals surface area contributed by atoms with Crippen molar-refractivity contribution >= 4 is 29.2 Å². The van der Waals surface area contributed by atoms with E-state index in [0.717, 1.165) is 0 Å². The van der Waals surface area contributed by atoms with Gasteiger partial charge in [0.15, 0.2) is 0 Å². The van der Waals surface area contributed by atoms with Crippen LogP contribution < -0.4 is 0 Å². The molecule has 0 atom stereocenters. The zero-order chi connectivity index (χ0) is 14.7. The summed E-state index contributed by atoms with van der Waals surface area (Å²) in [6, 6.07) is 9.32. The second-order valence-electron chi connectivity index (χ2n) is 4.02. The average Bonchev–Trinajstić information content (AvgIpc) is 2.42. The molecule has 0 spiro atoms. The van der Waals surface area contributed by atoms with Gasteiger partial charge in [0.25, 0.3) is 0 Å². The van der Waals surface area contributed by atoms with E-state index in [-0.39, 0.29) is 12.2 Å². The monoisotopic (exact) mass is 312 g/mol. The van der Waals surface area contributed by atoms with Crippen molar-refractivity contribution < 1.29 is 13.9 Å². The number of hydrogen-bond acceptors (Lipinski definition) is 2.